The van der Waals surface area contributed by atoms with Gasteiger partial charge in [0.25, 0.3) is 5.97 Å². The number of aliphatic hydroxyl groups excluding tert-OH is 1. The van der Waals surface area contributed by atoms with Gasteiger partial charge in [-0.15, -0.1) is 0 Å². The third-order valence-corrected chi connectivity index (χ3v) is 0.348. The zero-order valence-electron chi connectivity index (χ0n) is 9.90. The first kappa shape index (κ1) is 23.6. The first-order valence-electron chi connectivity index (χ1n) is 4.24. The molecule has 0 fully saturated rings. The molecule has 0 unspecified atom stereocenters. The number of carboxylic acid groups (broad SMARTS) is 1. The molecule has 0 aromatic rings. The smallest absolute Gasteiger partial charge is 0.302 e. The number of ether oxygens (including phenoxy) is 1. The van der Waals surface area contributed by atoms with Crippen molar-refractivity contribution in [1.29, 1.82) is 0 Å². The van der Waals surface area contributed by atoms with Gasteiger partial charge in [0.2, 0.25) is 0 Å². The third-order valence-electron chi connectivity index (χ3n) is 0.348. The van der Waals surface area contributed by atoms with Crippen LogP contribution in [0.1, 0.15) is 34.6 Å². The first-order valence-corrected chi connectivity index (χ1v) is 4.24. The van der Waals surface area contributed by atoms with Crippen molar-refractivity contribution in [3.63, 3.8) is 0 Å². The number of aliphatic hydroxyl groups is 1. The lowest BCUT2D eigenvalue weighted by Gasteiger charge is -1.89. The summed E-state index contributed by atoms with van der Waals surface area (Å²) in [4.78, 5) is 18.8. The highest BCUT2D eigenvalue weighted by molar-refractivity contribution is 5.65. The van der Waals surface area contributed by atoms with Gasteiger partial charge >= 0.3 is 5.97 Å². The summed E-state index contributed by atoms with van der Waals surface area (Å²) in [5, 5.41) is 15.5. The standard InChI is InChI=1S/C4H8O2.C3H8O.C2H4O2.H2O/c1-3-6-4(2)5;1-3(2)4;1-2(3)4;/h3H2,1-2H3;3-4H,1-2H3;1H3,(H,3,4);1H2. The van der Waals surface area contributed by atoms with Gasteiger partial charge in [-0.2, -0.15) is 0 Å². The minimum atomic E-state index is -0.833. The van der Waals surface area contributed by atoms with E-state index in [1.54, 1.807) is 20.8 Å². The van der Waals surface area contributed by atoms with Crippen LogP contribution in [0.25, 0.3) is 0 Å². The minimum Gasteiger partial charge on any atom is -0.481 e. The lowest BCUT2D eigenvalue weighted by molar-refractivity contribution is -0.140. The largest absolute Gasteiger partial charge is 0.481 e. The van der Waals surface area contributed by atoms with Crippen LogP contribution in [0.15, 0.2) is 0 Å². The maximum Gasteiger partial charge on any atom is 0.302 e. The van der Waals surface area contributed by atoms with Gasteiger partial charge in [0.1, 0.15) is 0 Å². The fourth-order valence-corrected chi connectivity index (χ4v) is 0.203. The molecule has 0 saturated carbocycles. The first-order chi connectivity index (χ1) is 6.23. The molecule has 0 heterocycles. The molecule has 0 aliphatic heterocycles. The average molecular weight is 226 g/mol. The van der Waals surface area contributed by atoms with E-state index in [4.69, 9.17) is 15.0 Å². The molecule has 0 aliphatic carbocycles. The third kappa shape index (κ3) is 438. The molecule has 4 N–H and O–H groups in total. The Morgan fingerprint density at radius 3 is 1.47 bits per heavy atom. The highest BCUT2D eigenvalue weighted by Crippen LogP contribution is 1.69. The molecule has 6 nitrogen and oxygen atoms in total. The number of esters is 1. The lowest BCUT2D eigenvalue weighted by Crippen LogP contribution is -1.95. The van der Waals surface area contributed by atoms with Crippen LogP contribution in [0, 0.1) is 0 Å². The van der Waals surface area contributed by atoms with Gasteiger partial charge in [-0.05, 0) is 20.8 Å². The molecule has 6 heteroatoms. The van der Waals surface area contributed by atoms with Gasteiger partial charge in [-0.3, -0.25) is 9.59 Å². The van der Waals surface area contributed by atoms with Gasteiger partial charge < -0.3 is 20.4 Å². The van der Waals surface area contributed by atoms with E-state index in [-0.39, 0.29) is 17.5 Å². The van der Waals surface area contributed by atoms with Crippen molar-refractivity contribution in [2.24, 2.45) is 0 Å². The molecule has 94 valence electrons. The minimum absolute atomic E-state index is 0. The van der Waals surface area contributed by atoms with Gasteiger partial charge in [0.05, 0.1) is 6.61 Å². The molecule has 0 bridgehead atoms. The SMILES string of the molecule is CC(=O)O.CC(C)O.CCOC(C)=O.O. The predicted molar refractivity (Wildman–Crippen MR) is 56.6 cm³/mol. The molecule has 0 aliphatic rings. The Kier molecular flexibility index (Phi) is 29.2. The summed E-state index contributed by atoms with van der Waals surface area (Å²) < 4.78 is 4.40. The normalized spacial score (nSPS) is 7.13. The van der Waals surface area contributed by atoms with Crippen molar-refractivity contribution in [2.45, 2.75) is 40.7 Å². The number of rotatable bonds is 1. The maximum absolute atomic E-state index is 9.82. The highest BCUT2D eigenvalue weighted by Gasteiger charge is 1.81. The van der Waals surface area contributed by atoms with Crippen molar-refractivity contribution >= 4 is 11.9 Å². The van der Waals surface area contributed by atoms with E-state index in [0.717, 1.165) is 6.92 Å². The summed E-state index contributed by atoms with van der Waals surface area (Å²) in [5.74, 6) is -1.04. The summed E-state index contributed by atoms with van der Waals surface area (Å²) in [5.41, 5.74) is 0. The average Bonchev–Trinajstić information content (AvgIpc) is 1.82. The molecule has 15 heavy (non-hydrogen) atoms. The topological polar surface area (TPSA) is 115 Å². The van der Waals surface area contributed by atoms with Crippen molar-refractivity contribution in [3.8, 4) is 0 Å². The van der Waals surface area contributed by atoms with E-state index in [1.165, 1.54) is 6.92 Å². The van der Waals surface area contributed by atoms with E-state index in [2.05, 4.69) is 4.74 Å². The number of aliphatic carboxylic acids is 1. The van der Waals surface area contributed by atoms with E-state index in [9.17, 15) is 4.79 Å². The van der Waals surface area contributed by atoms with E-state index < -0.39 is 5.97 Å². The van der Waals surface area contributed by atoms with E-state index in [0.29, 0.717) is 6.61 Å². The van der Waals surface area contributed by atoms with Crippen molar-refractivity contribution < 1.29 is 30.0 Å². The van der Waals surface area contributed by atoms with Crippen LogP contribution >= 0.6 is 0 Å². The van der Waals surface area contributed by atoms with Crippen LogP contribution in [0.5, 0.6) is 0 Å². The molecule has 0 saturated heterocycles. The Balaban J connectivity index is -0.0000000606. The Labute approximate surface area is 90.2 Å². The maximum atomic E-state index is 9.82. The summed E-state index contributed by atoms with van der Waals surface area (Å²) in [6.07, 6.45) is -0.167. The molecule has 0 aromatic carbocycles. The van der Waals surface area contributed by atoms with Gasteiger partial charge in [-0.25, -0.2) is 0 Å². The second kappa shape index (κ2) is 18.6. The summed E-state index contributed by atoms with van der Waals surface area (Å²) in [6.45, 7) is 8.18. The number of carboxylic acids is 1. The summed E-state index contributed by atoms with van der Waals surface area (Å²) >= 11 is 0. The second-order valence-corrected chi connectivity index (χ2v) is 2.54. The van der Waals surface area contributed by atoms with Crippen molar-refractivity contribution in [2.75, 3.05) is 6.61 Å². The second-order valence-electron chi connectivity index (χ2n) is 2.54. The number of carbonyl (C=O) groups is 2. The molecule has 0 radical (unpaired) electrons. The lowest BCUT2D eigenvalue weighted by atomic mass is 10.5. The summed E-state index contributed by atoms with van der Waals surface area (Å²) in [7, 11) is 0. The van der Waals surface area contributed by atoms with Crippen LogP contribution in [0.3, 0.4) is 0 Å². The number of carbonyl (C=O) groups excluding carboxylic acids is 1. The Morgan fingerprint density at radius 2 is 1.47 bits per heavy atom. The Bertz CT molecular complexity index is 137. The highest BCUT2D eigenvalue weighted by atomic mass is 16.5. The van der Waals surface area contributed by atoms with Gasteiger partial charge in [-0.1, -0.05) is 0 Å². The van der Waals surface area contributed by atoms with Gasteiger partial charge in [0, 0.05) is 20.0 Å². The fourth-order valence-electron chi connectivity index (χ4n) is 0.203. The van der Waals surface area contributed by atoms with E-state index >= 15 is 0 Å². The Morgan fingerprint density at radius 1 is 1.27 bits per heavy atom. The molecule has 0 atom stereocenters. The predicted octanol–water partition coefficient (Wildman–Crippen LogP) is 0.223. The van der Waals surface area contributed by atoms with Crippen LogP contribution < -0.4 is 0 Å². The molecular formula is C9H22O6. The molecule has 0 amide bonds. The monoisotopic (exact) mass is 226 g/mol. The van der Waals surface area contributed by atoms with Crippen LogP contribution in [0.2, 0.25) is 0 Å². The quantitative estimate of drug-likeness (QED) is 0.620. The number of hydrogen-bond donors (Lipinski definition) is 2. The van der Waals surface area contributed by atoms with Gasteiger partial charge in [0.15, 0.2) is 0 Å². The Hall–Kier alpha value is -1.14. The van der Waals surface area contributed by atoms with Crippen LogP contribution in [-0.4, -0.2) is 40.3 Å². The van der Waals surface area contributed by atoms with Crippen molar-refractivity contribution in [3.05, 3.63) is 0 Å². The van der Waals surface area contributed by atoms with Crippen LogP contribution in [-0.2, 0) is 14.3 Å². The van der Waals surface area contributed by atoms with E-state index in [1.807, 2.05) is 0 Å². The summed E-state index contributed by atoms with van der Waals surface area (Å²) in [6, 6.07) is 0. The van der Waals surface area contributed by atoms with Crippen molar-refractivity contribution in [1.82, 2.24) is 0 Å². The van der Waals surface area contributed by atoms with Crippen LogP contribution in [0.4, 0.5) is 0 Å². The molecule has 0 spiro atoms. The molecule has 0 aromatic heterocycles. The zero-order chi connectivity index (χ0) is 12.1. The molecule has 0 rings (SSSR count). The zero-order valence-corrected chi connectivity index (χ0v) is 9.90. The number of hydrogen-bond acceptors (Lipinski definition) is 4. The fraction of sp³-hybridized carbons (Fsp3) is 0.778. The molecular weight excluding hydrogens is 204 g/mol.